The SMILES string of the molecule is Cc1cc(C)cc(NC(=S)N2CCC3(CCN(C(=O)CCCCC[C@H]4NC(=O)N[C@H]4C)C3)CC2)c1. The number of hydrogen-bond donors (Lipinski definition) is 3. The van der Waals surface area contributed by atoms with Crippen LogP contribution in [0.2, 0.25) is 0 Å². The molecule has 3 aliphatic heterocycles. The molecule has 3 amide bonds. The van der Waals surface area contributed by atoms with Crippen molar-refractivity contribution >= 4 is 35.0 Å². The largest absolute Gasteiger partial charge is 0.349 e. The average molecular weight is 500 g/mol. The zero-order valence-electron chi connectivity index (χ0n) is 21.5. The smallest absolute Gasteiger partial charge is 0.315 e. The number of urea groups is 1. The lowest BCUT2D eigenvalue weighted by Crippen LogP contribution is -2.46. The standard InChI is InChI=1S/C27H41N5O2S/c1-19-15-20(2)17-22(16-19)29-26(35)31-12-9-27(10-13-31)11-14-32(18-27)24(33)8-6-4-5-7-23-21(3)28-25(34)30-23/h15-17,21,23H,4-14,18H2,1-3H3,(H,29,35)(H2,28,30,34)/t21-,23+/m0/s1. The van der Waals surface area contributed by atoms with E-state index >= 15 is 0 Å². The van der Waals surface area contributed by atoms with Gasteiger partial charge in [0.15, 0.2) is 5.11 Å². The molecule has 1 aromatic rings. The molecule has 35 heavy (non-hydrogen) atoms. The molecule has 7 nitrogen and oxygen atoms in total. The molecule has 192 valence electrons. The molecular weight excluding hydrogens is 458 g/mol. The number of likely N-dealkylation sites (tertiary alicyclic amines) is 2. The zero-order valence-corrected chi connectivity index (χ0v) is 22.3. The highest BCUT2D eigenvalue weighted by Crippen LogP contribution is 2.40. The molecule has 0 saturated carbocycles. The molecule has 0 aliphatic carbocycles. The van der Waals surface area contributed by atoms with Crippen LogP contribution in [0.3, 0.4) is 0 Å². The molecule has 3 saturated heterocycles. The van der Waals surface area contributed by atoms with Crippen LogP contribution in [0.4, 0.5) is 10.5 Å². The summed E-state index contributed by atoms with van der Waals surface area (Å²) in [6, 6.07) is 6.78. The van der Waals surface area contributed by atoms with Crippen LogP contribution in [-0.2, 0) is 4.79 Å². The van der Waals surface area contributed by atoms with Gasteiger partial charge >= 0.3 is 6.03 Å². The molecule has 3 fully saturated rings. The van der Waals surface area contributed by atoms with Crippen molar-refractivity contribution < 1.29 is 9.59 Å². The van der Waals surface area contributed by atoms with Crippen molar-refractivity contribution in [2.75, 3.05) is 31.5 Å². The molecule has 3 heterocycles. The van der Waals surface area contributed by atoms with Crippen molar-refractivity contribution in [3.8, 4) is 0 Å². The Hall–Kier alpha value is -2.35. The summed E-state index contributed by atoms with van der Waals surface area (Å²) in [5.41, 5.74) is 3.78. The molecule has 0 aromatic heterocycles. The first-order valence-electron chi connectivity index (χ1n) is 13.2. The van der Waals surface area contributed by atoms with Crippen LogP contribution in [0, 0.1) is 19.3 Å². The monoisotopic (exact) mass is 499 g/mol. The Labute approximate surface area is 215 Å². The molecule has 8 heteroatoms. The zero-order chi connectivity index (χ0) is 25.0. The number of amides is 3. The second-order valence-corrected chi connectivity index (χ2v) is 11.4. The van der Waals surface area contributed by atoms with Crippen LogP contribution in [0.15, 0.2) is 18.2 Å². The van der Waals surface area contributed by atoms with Gasteiger partial charge in [-0.25, -0.2) is 4.79 Å². The highest BCUT2D eigenvalue weighted by molar-refractivity contribution is 7.80. The molecule has 2 atom stereocenters. The van der Waals surface area contributed by atoms with Gasteiger partial charge in [0.25, 0.3) is 0 Å². The molecular formula is C27H41N5O2S. The van der Waals surface area contributed by atoms with Crippen molar-refractivity contribution in [1.82, 2.24) is 20.4 Å². The van der Waals surface area contributed by atoms with Gasteiger partial charge in [-0.15, -0.1) is 0 Å². The fourth-order valence-electron chi connectivity index (χ4n) is 5.93. The van der Waals surface area contributed by atoms with Gasteiger partial charge in [0, 0.05) is 44.3 Å². The lowest BCUT2D eigenvalue weighted by atomic mass is 9.78. The number of benzene rings is 1. The number of unbranched alkanes of at least 4 members (excludes halogenated alkanes) is 2. The highest BCUT2D eigenvalue weighted by Gasteiger charge is 2.42. The minimum Gasteiger partial charge on any atom is -0.349 e. The summed E-state index contributed by atoms with van der Waals surface area (Å²) in [4.78, 5) is 28.6. The Morgan fingerprint density at radius 2 is 1.69 bits per heavy atom. The van der Waals surface area contributed by atoms with Crippen molar-refractivity contribution in [3.63, 3.8) is 0 Å². The quantitative estimate of drug-likeness (QED) is 0.384. The molecule has 3 aliphatic rings. The van der Waals surface area contributed by atoms with E-state index in [2.05, 4.69) is 57.8 Å². The van der Waals surface area contributed by atoms with Crippen LogP contribution >= 0.6 is 12.2 Å². The van der Waals surface area contributed by atoms with Crippen molar-refractivity contribution in [2.24, 2.45) is 5.41 Å². The van der Waals surface area contributed by atoms with Gasteiger partial charge in [-0.05, 0) is 93.8 Å². The number of thiocarbonyl (C=S) groups is 1. The van der Waals surface area contributed by atoms with Gasteiger partial charge in [-0.3, -0.25) is 4.79 Å². The summed E-state index contributed by atoms with van der Waals surface area (Å²) in [5, 5.41) is 10.1. The van der Waals surface area contributed by atoms with Gasteiger partial charge in [0.1, 0.15) is 0 Å². The van der Waals surface area contributed by atoms with Gasteiger partial charge in [0.05, 0.1) is 6.04 Å². The van der Waals surface area contributed by atoms with E-state index in [1.807, 2.05) is 6.92 Å². The molecule has 0 unspecified atom stereocenters. The van der Waals surface area contributed by atoms with E-state index in [0.29, 0.717) is 12.3 Å². The molecule has 0 bridgehead atoms. The van der Waals surface area contributed by atoms with Crippen LogP contribution in [0.1, 0.15) is 69.4 Å². The second kappa shape index (κ2) is 11.1. The van der Waals surface area contributed by atoms with Crippen molar-refractivity contribution in [1.29, 1.82) is 0 Å². The number of rotatable bonds is 7. The molecule has 3 N–H and O–H groups in total. The number of aryl methyl sites for hydroxylation is 2. The number of nitrogens with zero attached hydrogens (tertiary/aromatic N) is 2. The normalized spacial score (nSPS) is 23.3. The number of anilines is 1. The third-order valence-electron chi connectivity index (χ3n) is 8.06. The number of carbonyl (C=O) groups is 2. The molecule has 1 aromatic carbocycles. The third-order valence-corrected chi connectivity index (χ3v) is 8.42. The summed E-state index contributed by atoms with van der Waals surface area (Å²) < 4.78 is 0. The fourth-order valence-corrected chi connectivity index (χ4v) is 6.23. The van der Waals surface area contributed by atoms with E-state index in [4.69, 9.17) is 12.2 Å². The first-order valence-corrected chi connectivity index (χ1v) is 13.6. The summed E-state index contributed by atoms with van der Waals surface area (Å²) >= 11 is 5.71. The van der Waals surface area contributed by atoms with Crippen LogP contribution in [0.25, 0.3) is 0 Å². The Morgan fingerprint density at radius 3 is 2.31 bits per heavy atom. The van der Waals surface area contributed by atoms with Crippen LogP contribution in [0.5, 0.6) is 0 Å². The summed E-state index contributed by atoms with van der Waals surface area (Å²) in [6.07, 6.45) is 7.89. The first kappa shape index (κ1) is 25.7. The van der Waals surface area contributed by atoms with E-state index in [1.54, 1.807) is 0 Å². The molecule has 1 spiro atoms. The summed E-state index contributed by atoms with van der Waals surface area (Å²) in [6.45, 7) is 9.93. The third kappa shape index (κ3) is 6.66. The predicted molar refractivity (Wildman–Crippen MR) is 145 cm³/mol. The maximum absolute atomic E-state index is 12.8. The van der Waals surface area contributed by atoms with Crippen molar-refractivity contribution in [2.45, 2.75) is 84.2 Å². The van der Waals surface area contributed by atoms with E-state index < -0.39 is 0 Å². The Bertz CT molecular complexity index is 923. The second-order valence-electron chi connectivity index (χ2n) is 11.0. The maximum Gasteiger partial charge on any atom is 0.315 e. The van der Waals surface area contributed by atoms with Crippen LogP contribution in [-0.4, -0.2) is 65.1 Å². The number of piperidine rings is 1. The predicted octanol–water partition coefficient (Wildman–Crippen LogP) is 4.34. The highest BCUT2D eigenvalue weighted by atomic mass is 32.1. The van der Waals surface area contributed by atoms with Gasteiger partial charge in [0.2, 0.25) is 5.91 Å². The summed E-state index contributed by atoms with van der Waals surface area (Å²) in [5.74, 6) is 0.306. The average Bonchev–Trinajstić information content (AvgIpc) is 3.35. The fraction of sp³-hybridized carbons (Fsp3) is 0.667. The maximum atomic E-state index is 12.8. The summed E-state index contributed by atoms with van der Waals surface area (Å²) in [7, 11) is 0. The number of carbonyl (C=O) groups excluding carboxylic acids is 2. The minimum absolute atomic E-state index is 0.0640. The van der Waals surface area contributed by atoms with Gasteiger partial charge < -0.3 is 25.8 Å². The van der Waals surface area contributed by atoms with E-state index in [9.17, 15) is 9.59 Å². The van der Waals surface area contributed by atoms with Gasteiger partial charge in [-0.1, -0.05) is 18.9 Å². The molecule has 4 rings (SSSR count). The number of nitrogens with one attached hydrogen (secondary N) is 3. The topological polar surface area (TPSA) is 76.7 Å². The lowest BCUT2D eigenvalue weighted by molar-refractivity contribution is -0.130. The number of hydrogen-bond acceptors (Lipinski definition) is 3. The minimum atomic E-state index is -0.0640. The van der Waals surface area contributed by atoms with Crippen LogP contribution < -0.4 is 16.0 Å². The Morgan fingerprint density at radius 1 is 1.03 bits per heavy atom. The first-order chi connectivity index (χ1) is 16.7. The Kier molecular flexibility index (Phi) is 8.19. The van der Waals surface area contributed by atoms with E-state index in [0.717, 1.165) is 81.9 Å². The van der Waals surface area contributed by atoms with E-state index in [1.165, 1.54) is 11.1 Å². The Balaban J connectivity index is 1.15. The molecule has 0 radical (unpaired) electrons. The van der Waals surface area contributed by atoms with Gasteiger partial charge in [-0.2, -0.15) is 0 Å². The van der Waals surface area contributed by atoms with Crippen molar-refractivity contribution in [3.05, 3.63) is 29.3 Å². The lowest BCUT2D eigenvalue weighted by Gasteiger charge is -2.40. The van der Waals surface area contributed by atoms with E-state index in [-0.39, 0.29) is 23.5 Å².